The molecule has 1 aromatic carbocycles. The summed E-state index contributed by atoms with van der Waals surface area (Å²) in [6.45, 7) is 6.67. The third-order valence-electron chi connectivity index (χ3n) is 6.38. The van der Waals surface area contributed by atoms with Crippen LogP contribution in [0.15, 0.2) is 36.4 Å². The highest BCUT2D eigenvalue weighted by atomic mass is 19.1. The van der Waals surface area contributed by atoms with Crippen LogP contribution in [0, 0.1) is 18.7 Å². The van der Waals surface area contributed by atoms with Crippen molar-refractivity contribution in [3.63, 3.8) is 0 Å². The Morgan fingerprint density at radius 1 is 1.13 bits per heavy atom. The van der Waals surface area contributed by atoms with Gasteiger partial charge in [-0.3, -0.25) is 4.98 Å². The average Bonchev–Trinajstić information content (AvgIpc) is 3.36. The quantitative estimate of drug-likeness (QED) is 0.647. The van der Waals surface area contributed by atoms with E-state index < -0.39 is 0 Å². The van der Waals surface area contributed by atoms with Crippen LogP contribution >= 0.6 is 0 Å². The Balaban J connectivity index is 1.47. The molecule has 0 aliphatic carbocycles. The first-order valence-corrected chi connectivity index (χ1v) is 11.1. The summed E-state index contributed by atoms with van der Waals surface area (Å²) >= 11 is 0. The zero-order valence-electron chi connectivity index (χ0n) is 18.2. The van der Waals surface area contributed by atoms with Gasteiger partial charge in [-0.2, -0.15) is 0 Å². The van der Waals surface area contributed by atoms with Crippen LogP contribution in [0.5, 0.6) is 0 Å². The van der Waals surface area contributed by atoms with Crippen LogP contribution < -0.4 is 10.6 Å². The van der Waals surface area contributed by atoms with E-state index in [9.17, 15) is 4.39 Å². The Bertz CT molecular complexity index is 1080. The minimum absolute atomic E-state index is 0.216. The number of likely N-dealkylation sites (tertiary alicyclic amines) is 1. The van der Waals surface area contributed by atoms with Crippen molar-refractivity contribution in [2.24, 2.45) is 5.92 Å². The number of nitrogens with zero attached hydrogens (tertiary/aromatic N) is 4. The highest BCUT2D eigenvalue weighted by Gasteiger charge is 2.24. The third-order valence-corrected chi connectivity index (χ3v) is 6.38. The second-order valence-electron chi connectivity index (χ2n) is 8.70. The number of rotatable bonds is 5. The van der Waals surface area contributed by atoms with Crippen LogP contribution in [-0.2, 0) is 6.54 Å². The summed E-state index contributed by atoms with van der Waals surface area (Å²) in [5, 5.41) is 6.72. The summed E-state index contributed by atoms with van der Waals surface area (Å²) < 4.78 is 16.8. The molecule has 0 amide bonds. The van der Waals surface area contributed by atoms with Crippen molar-refractivity contribution in [2.75, 3.05) is 43.9 Å². The van der Waals surface area contributed by atoms with Gasteiger partial charge in [0.15, 0.2) is 0 Å². The lowest BCUT2D eigenvalue weighted by molar-refractivity contribution is 0.226. The molecule has 3 aromatic rings. The van der Waals surface area contributed by atoms with Gasteiger partial charge in [-0.1, -0.05) is 6.07 Å². The molecule has 7 heteroatoms. The zero-order chi connectivity index (χ0) is 21.4. The van der Waals surface area contributed by atoms with Gasteiger partial charge in [0.25, 0.3) is 0 Å². The van der Waals surface area contributed by atoms with Gasteiger partial charge in [0.1, 0.15) is 11.5 Å². The number of fused-ring (bicyclic) bond motifs is 1. The Kier molecular flexibility index (Phi) is 5.36. The number of hydrogen-bond acceptors (Lipinski definition) is 5. The molecular weight excluding hydrogens is 391 g/mol. The molecule has 2 aliphatic heterocycles. The SMILES string of the molecule is Cc1cccc(-c2nc3n(c2-c2ccc(F)c(NCC4CCN(C)CC4)c2)CCN3)n1. The molecule has 0 unspecified atom stereocenters. The highest BCUT2D eigenvalue weighted by molar-refractivity contribution is 5.81. The van der Waals surface area contributed by atoms with Crippen molar-refractivity contribution in [3.8, 4) is 22.6 Å². The van der Waals surface area contributed by atoms with E-state index in [0.29, 0.717) is 11.6 Å². The summed E-state index contributed by atoms with van der Waals surface area (Å²) in [4.78, 5) is 11.9. The number of anilines is 2. The van der Waals surface area contributed by atoms with Gasteiger partial charge < -0.3 is 20.1 Å². The lowest BCUT2D eigenvalue weighted by Gasteiger charge is -2.29. The van der Waals surface area contributed by atoms with Gasteiger partial charge in [-0.05, 0) is 76.2 Å². The van der Waals surface area contributed by atoms with E-state index in [1.807, 2.05) is 37.3 Å². The monoisotopic (exact) mass is 420 g/mol. The number of hydrogen-bond donors (Lipinski definition) is 2. The molecule has 2 aliphatic rings. The number of piperidine rings is 1. The Morgan fingerprint density at radius 3 is 2.77 bits per heavy atom. The molecule has 2 N–H and O–H groups in total. The number of aromatic nitrogens is 3. The van der Waals surface area contributed by atoms with Gasteiger partial charge in [0.2, 0.25) is 5.95 Å². The van der Waals surface area contributed by atoms with Crippen molar-refractivity contribution in [1.29, 1.82) is 0 Å². The molecule has 2 aromatic heterocycles. The maximum Gasteiger partial charge on any atom is 0.204 e. The summed E-state index contributed by atoms with van der Waals surface area (Å²) in [7, 11) is 2.16. The standard InChI is InChI=1S/C24H29FN6/c1-16-4-3-5-20(28-16)22-23(31-13-10-26-24(31)29-22)18-6-7-19(25)21(14-18)27-15-17-8-11-30(2)12-9-17/h3-7,14,17,27H,8-13,15H2,1-2H3,(H,26,29). The van der Waals surface area contributed by atoms with Crippen molar-refractivity contribution in [1.82, 2.24) is 19.4 Å². The first kappa shape index (κ1) is 20.0. The molecule has 5 rings (SSSR count). The molecule has 0 saturated carbocycles. The van der Waals surface area contributed by atoms with Crippen LogP contribution in [0.25, 0.3) is 22.6 Å². The lowest BCUT2D eigenvalue weighted by Crippen LogP contribution is -2.33. The summed E-state index contributed by atoms with van der Waals surface area (Å²) in [5.41, 5.74) is 5.11. The van der Waals surface area contributed by atoms with E-state index >= 15 is 0 Å². The first-order valence-electron chi connectivity index (χ1n) is 11.1. The number of nitrogens with one attached hydrogen (secondary N) is 2. The molecule has 0 bridgehead atoms. The van der Waals surface area contributed by atoms with Gasteiger partial charge in [0.05, 0.1) is 17.1 Å². The molecule has 31 heavy (non-hydrogen) atoms. The largest absolute Gasteiger partial charge is 0.382 e. The lowest BCUT2D eigenvalue weighted by atomic mass is 9.97. The molecule has 1 fully saturated rings. The van der Waals surface area contributed by atoms with Crippen LogP contribution in [0.2, 0.25) is 0 Å². The van der Waals surface area contributed by atoms with E-state index in [4.69, 9.17) is 4.98 Å². The highest BCUT2D eigenvalue weighted by Crippen LogP contribution is 2.37. The smallest absolute Gasteiger partial charge is 0.204 e. The number of imidazole rings is 1. The number of pyridine rings is 1. The topological polar surface area (TPSA) is 58.0 Å². The minimum atomic E-state index is -0.216. The Morgan fingerprint density at radius 2 is 1.97 bits per heavy atom. The third kappa shape index (κ3) is 4.02. The normalized spacial score (nSPS) is 16.9. The predicted octanol–water partition coefficient (Wildman–Crippen LogP) is 4.24. The van der Waals surface area contributed by atoms with Crippen molar-refractivity contribution in [2.45, 2.75) is 26.3 Å². The molecule has 4 heterocycles. The maximum atomic E-state index is 14.7. The van der Waals surface area contributed by atoms with Crippen molar-refractivity contribution in [3.05, 3.63) is 47.9 Å². The fourth-order valence-corrected chi connectivity index (χ4v) is 4.56. The molecule has 6 nitrogen and oxygen atoms in total. The Hall–Kier alpha value is -2.93. The molecule has 0 atom stereocenters. The van der Waals surface area contributed by atoms with Crippen LogP contribution in [0.3, 0.4) is 0 Å². The summed E-state index contributed by atoms with van der Waals surface area (Å²) in [5.74, 6) is 1.21. The van der Waals surface area contributed by atoms with Gasteiger partial charge >= 0.3 is 0 Å². The Labute approximate surface area is 182 Å². The van der Waals surface area contributed by atoms with Crippen LogP contribution in [0.1, 0.15) is 18.5 Å². The van der Waals surface area contributed by atoms with E-state index in [2.05, 4.69) is 32.1 Å². The average molecular weight is 421 g/mol. The van der Waals surface area contributed by atoms with E-state index in [1.54, 1.807) is 6.07 Å². The van der Waals surface area contributed by atoms with Crippen molar-refractivity contribution < 1.29 is 4.39 Å². The van der Waals surface area contributed by atoms with E-state index in [0.717, 1.165) is 79.9 Å². The number of aryl methyl sites for hydroxylation is 1. The minimum Gasteiger partial charge on any atom is -0.382 e. The van der Waals surface area contributed by atoms with Gasteiger partial charge in [-0.15, -0.1) is 0 Å². The second-order valence-corrected chi connectivity index (χ2v) is 8.70. The first-order chi connectivity index (χ1) is 15.1. The van der Waals surface area contributed by atoms with Gasteiger partial charge in [0, 0.05) is 30.9 Å². The number of halogens is 1. The van der Waals surface area contributed by atoms with E-state index in [-0.39, 0.29) is 5.82 Å². The molecule has 1 saturated heterocycles. The zero-order valence-corrected chi connectivity index (χ0v) is 18.2. The summed E-state index contributed by atoms with van der Waals surface area (Å²) in [6.07, 6.45) is 2.30. The molecular formula is C24H29FN6. The van der Waals surface area contributed by atoms with Crippen molar-refractivity contribution >= 4 is 11.6 Å². The van der Waals surface area contributed by atoms with Crippen LogP contribution in [-0.4, -0.2) is 52.7 Å². The van der Waals surface area contributed by atoms with E-state index in [1.165, 1.54) is 0 Å². The number of benzene rings is 1. The maximum absolute atomic E-state index is 14.7. The molecule has 0 spiro atoms. The molecule has 0 radical (unpaired) electrons. The summed E-state index contributed by atoms with van der Waals surface area (Å²) in [6, 6.07) is 11.3. The second kappa shape index (κ2) is 8.30. The fraction of sp³-hybridized carbons (Fsp3) is 0.417. The van der Waals surface area contributed by atoms with Gasteiger partial charge in [-0.25, -0.2) is 9.37 Å². The fourth-order valence-electron chi connectivity index (χ4n) is 4.56. The van der Waals surface area contributed by atoms with Crippen LogP contribution in [0.4, 0.5) is 16.0 Å². The molecule has 162 valence electrons. The predicted molar refractivity (Wildman–Crippen MR) is 123 cm³/mol.